The standard InChI is InChI=1S/C27H27FN6OS/c1-3-24(26(35)31-23-13-20(11-6-17(23)2)30-21-14-29-15-21)34-12-4-5-22-25(34)33-27(32-22)36-16-18-7-9-19(28)10-8-18/h4-14,21,24,30H,3,15-16H2,1-2H3,(H,31,35). The lowest BCUT2D eigenvalue weighted by molar-refractivity contribution is -0.119. The fourth-order valence-electron chi connectivity index (χ4n) is 4.05. The molecule has 0 saturated heterocycles. The summed E-state index contributed by atoms with van der Waals surface area (Å²) in [5, 5.41) is 7.14. The minimum Gasteiger partial charge on any atom is -0.375 e. The number of carbonyl (C=O) groups excluding carboxylic acids is 1. The number of benzene rings is 2. The molecular formula is C27H27FN6OS. The molecule has 3 aliphatic rings. The van der Waals surface area contributed by atoms with Crippen LogP contribution in [0.2, 0.25) is 0 Å². The summed E-state index contributed by atoms with van der Waals surface area (Å²) in [5.41, 5.74) is 4.43. The molecule has 2 atom stereocenters. The van der Waals surface area contributed by atoms with E-state index in [1.54, 1.807) is 12.1 Å². The first kappa shape index (κ1) is 24.0. The van der Waals surface area contributed by atoms with E-state index < -0.39 is 6.04 Å². The molecule has 0 spiro atoms. The zero-order chi connectivity index (χ0) is 25.1. The number of fused-ring (bicyclic) bond motifs is 1. The third kappa shape index (κ3) is 5.26. The number of halogens is 1. The van der Waals surface area contributed by atoms with Crippen LogP contribution in [0.4, 0.5) is 15.8 Å². The molecule has 0 bridgehead atoms. The molecular weight excluding hydrogens is 475 g/mol. The van der Waals surface area contributed by atoms with Crippen LogP contribution in [0.15, 0.2) is 70.9 Å². The lowest BCUT2D eigenvalue weighted by Gasteiger charge is -2.23. The zero-order valence-corrected chi connectivity index (χ0v) is 20.9. The molecule has 0 aliphatic carbocycles. The third-order valence-corrected chi connectivity index (χ3v) is 7.05. The van der Waals surface area contributed by atoms with Crippen molar-refractivity contribution in [2.75, 3.05) is 17.2 Å². The van der Waals surface area contributed by atoms with Crippen LogP contribution in [0, 0.1) is 12.7 Å². The first-order valence-electron chi connectivity index (χ1n) is 11.9. The summed E-state index contributed by atoms with van der Waals surface area (Å²) in [5.74, 6) is 0.932. The van der Waals surface area contributed by atoms with Gasteiger partial charge in [0.15, 0.2) is 11.0 Å². The smallest absolute Gasteiger partial charge is 0.247 e. The number of imidazole rings is 1. The lowest BCUT2D eigenvalue weighted by atomic mass is 10.1. The van der Waals surface area contributed by atoms with Gasteiger partial charge in [0.05, 0.1) is 12.6 Å². The fourth-order valence-corrected chi connectivity index (χ4v) is 4.85. The summed E-state index contributed by atoms with van der Waals surface area (Å²) < 4.78 is 15.1. The van der Waals surface area contributed by atoms with Crippen LogP contribution in [-0.2, 0) is 10.5 Å². The summed E-state index contributed by atoms with van der Waals surface area (Å²) in [6.07, 6.45) is 4.35. The van der Waals surface area contributed by atoms with Crippen molar-refractivity contribution in [2.24, 2.45) is 4.99 Å². The van der Waals surface area contributed by atoms with E-state index in [0.29, 0.717) is 23.2 Å². The molecule has 184 valence electrons. The number of aryl methyl sites for hydroxylation is 1. The van der Waals surface area contributed by atoms with Gasteiger partial charge in [0.1, 0.15) is 17.6 Å². The number of thioether (sulfide) groups is 1. The topological polar surface area (TPSA) is 84.2 Å². The van der Waals surface area contributed by atoms with Gasteiger partial charge >= 0.3 is 0 Å². The van der Waals surface area contributed by atoms with Crippen LogP contribution in [0.3, 0.4) is 0 Å². The second-order valence-electron chi connectivity index (χ2n) is 8.75. The average molecular weight is 503 g/mol. The number of aliphatic imine (C=N–C) groups is 1. The highest BCUT2D eigenvalue weighted by Gasteiger charge is 2.24. The Kier molecular flexibility index (Phi) is 6.99. The van der Waals surface area contributed by atoms with Gasteiger partial charge in [-0.15, -0.1) is 0 Å². The number of nitrogens with one attached hydrogen (secondary N) is 2. The Balaban J connectivity index is 1.33. The number of aromatic nitrogens is 3. The molecule has 9 heteroatoms. The Morgan fingerprint density at radius 2 is 2.00 bits per heavy atom. The number of rotatable bonds is 9. The van der Waals surface area contributed by atoms with Gasteiger partial charge in [0, 0.05) is 29.5 Å². The Bertz CT molecular complexity index is 1370. The van der Waals surface area contributed by atoms with Crippen molar-refractivity contribution in [2.45, 2.75) is 43.3 Å². The van der Waals surface area contributed by atoms with Crippen molar-refractivity contribution in [3.05, 3.63) is 77.7 Å². The molecule has 7 nitrogen and oxygen atoms in total. The predicted molar refractivity (Wildman–Crippen MR) is 143 cm³/mol. The molecule has 3 aliphatic heterocycles. The van der Waals surface area contributed by atoms with E-state index in [4.69, 9.17) is 4.98 Å². The zero-order valence-electron chi connectivity index (χ0n) is 20.1. The van der Waals surface area contributed by atoms with Crippen LogP contribution in [0.1, 0.15) is 30.5 Å². The van der Waals surface area contributed by atoms with Crippen molar-refractivity contribution >= 4 is 35.3 Å². The Morgan fingerprint density at radius 1 is 1.19 bits per heavy atom. The van der Waals surface area contributed by atoms with Crippen molar-refractivity contribution in [3.8, 4) is 11.5 Å². The van der Waals surface area contributed by atoms with Crippen LogP contribution in [0.5, 0.6) is 0 Å². The fraction of sp³-hybridized carbons (Fsp3) is 0.259. The maximum atomic E-state index is 13.4. The van der Waals surface area contributed by atoms with Crippen molar-refractivity contribution < 1.29 is 9.18 Å². The van der Waals surface area contributed by atoms with Gasteiger partial charge in [0.25, 0.3) is 0 Å². The number of pyridine rings is 1. The van der Waals surface area contributed by atoms with Gasteiger partial charge in [-0.2, -0.15) is 0 Å². The number of hydrogen-bond acceptors (Lipinski definition) is 6. The van der Waals surface area contributed by atoms with E-state index in [0.717, 1.165) is 34.7 Å². The van der Waals surface area contributed by atoms with Gasteiger partial charge in [0.2, 0.25) is 5.91 Å². The maximum Gasteiger partial charge on any atom is 0.247 e. The van der Waals surface area contributed by atoms with Gasteiger partial charge in [-0.05, 0) is 60.9 Å². The molecule has 5 rings (SSSR count). The molecule has 0 saturated carbocycles. The number of amides is 1. The average Bonchev–Trinajstić information content (AvgIpc) is 3.27. The number of anilines is 2. The second kappa shape index (κ2) is 10.5. The molecule has 2 N–H and O–H groups in total. The van der Waals surface area contributed by atoms with Crippen LogP contribution in [0.25, 0.3) is 11.5 Å². The van der Waals surface area contributed by atoms with E-state index in [1.165, 1.54) is 23.9 Å². The highest BCUT2D eigenvalue weighted by Crippen LogP contribution is 2.30. The highest BCUT2D eigenvalue weighted by atomic mass is 32.2. The molecule has 1 amide bonds. The monoisotopic (exact) mass is 502 g/mol. The summed E-state index contributed by atoms with van der Waals surface area (Å²) in [6, 6.07) is 16.0. The van der Waals surface area contributed by atoms with E-state index in [9.17, 15) is 9.18 Å². The number of carbonyl (C=O) groups is 1. The van der Waals surface area contributed by atoms with Crippen LogP contribution >= 0.6 is 11.8 Å². The lowest BCUT2D eigenvalue weighted by Crippen LogP contribution is -2.31. The van der Waals surface area contributed by atoms with Gasteiger partial charge in [-0.25, -0.2) is 14.4 Å². The minimum absolute atomic E-state index is 0.107. The Morgan fingerprint density at radius 3 is 2.72 bits per heavy atom. The first-order chi connectivity index (χ1) is 17.5. The van der Waals surface area contributed by atoms with Gasteiger partial charge in [-0.1, -0.05) is 36.9 Å². The summed E-state index contributed by atoms with van der Waals surface area (Å²) >= 11 is 1.48. The maximum absolute atomic E-state index is 13.4. The van der Waals surface area contributed by atoms with Crippen molar-refractivity contribution in [1.82, 2.24) is 14.5 Å². The molecule has 3 heterocycles. The van der Waals surface area contributed by atoms with E-state index in [-0.39, 0.29) is 17.8 Å². The molecule has 36 heavy (non-hydrogen) atoms. The SMILES string of the molecule is CCC(C(=O)Nc1cc(NC2C=NC2)ccc1C)n1cccc2nc(SCc3ccc(F)cc3)nc1-2. The largest absolute Gasteiger partial charge is 0.375 e. The normalized spacial score (nSPS) is 15.5. The van der Waals surface area contributed by atoms with E-state index in [1.807, 2.05) is 61.2 Å². The van der Waals surface area contributed by atoms with Crippen molar-refractivity contribution in [1.29, 1.82) is 0 Å². The summed E-state index contributed by atoms with van der Waals surface area (Å²) in [7, 11) is 0. The third-order valence-electron chi connectivity index (χ3n) is 6.13. The molecule has 2 unspecified atom stereocenters. The van der Waals surface area contributed by atoms with Gasteiger partial charge in [-0.3, -0.25) is 9.79 Å². The first-order valence-corrected chi connectivity index (χ1v) is 12.9. The van der Waals surface area contributed by atoms with E-state index in [2.05, 4.69) is 20.6 Å². The quantitative estimate of drug-likeness (QED) is 0.292. The Hall–Kier alpha value is -3.72. The van der Waals surface area contributed by atoms with Gasteiger partial charge < -0.3 is 15.2 Å². The predicted octanol–water partition coefficient (Wildman–Crippen LogP) is 5.58. The highest BCUT2D eigenvalue weighted by molar-refractivity contribution is 7.98. The van der Waals surface area contributed by atoms with E-state index >= 15 is 0 Å². The summed E-state index contributed by atoms with van der Waals surface area (Å²) in [4.78, 5) is 26.9. The molecule has 2 aromatic rings. The Labute approximate surface area is 213 Å². The number of hydrogen-bond donors (Lipinski definition) is 2. The molecule has 0 fully saturated rings. The second-order valence-corrected chi connectivity index (χ2v) is 9.70. The molecule has 0 aromatic heterocycles. The van der Waals surface area contributed by atoms with Crippen molar-refractivity contribution in [3.63, 3.8) is 0 Å². The summed E-state index contributed by atoms with van der Waals surface area (Å²) in [6.45, 7) is 4.72. The minimum atomic E-state index is -0.449. The number of nitrogens with zero attached hydrogens (tertiary/aromatic N) is 4. The van der Waals surface area contributed by atoms with Crippen LogP contribution < -0.4 is 10.6 Å². The molecule has 0 radical (unpaired) electrons. The molecule has 2 aromatic carbocycles. The van der Waals surface area contributed by atoms with Crippen LogP contribution in [-0.4, -0.2) is 39.2 Å².